The predicted molar refractivity (Wildman–Crippen MR) is 67.7 cm³/mol. The van der Waals surface area contributed by atoms with Gasteiger partial charge in [-0.15, -0.1) is 0 Å². The van der Waals surface area contributed by atoms with Gasteiger partial charge in [0.15, 0.2) is 0 Å². The molecule has 0 aliphatic heterocycles. The van der Waals surface area contributed by atoms with Crippen molar-refractivity contribution in [3.63, 3.8) is 0 Å². The van der Waals surface area contributed by atoms with E-state index in [-0.39, 0.29) is 25.4 Å². The molecule has 1 unspecified atom stereocenters. The van der Waals surface area contributed by atoms with Crippen LogP contribution in [0.25, 0.3) is 0 Å². The van der Waals surface area contributed by atoms with Crippen LogP contribution in [-0.4, -0.2) is 44.5 Å². The van der Waals surface area contributed by atoms with Gasteiger partial charge in [0.2, 0.25) is 5.91 Å². The third-order valence-corrected chi connectivity index (χ3v) is 3.05. The number of aryl methyl sites for hydroxylation is 2. The summed E-state index contributed by atoms with van der Waals surface area (Å²) in [5, 5.41) is 24.2. The third-order valence-electron chi connectivity index (χ3n) is 3.05. The second kappa shape index (κ2) is 6.33. The number of amides is 1. The quantitative estimate of drug-likeness (QED) is 0.647. The van der Waals surface area contributed by atoms with E-state index in [0.29, 0.717) is 0 Å². The first kappa shape index (κ1) is 15.2. The number of aromatic nitrogens is 2. The molecule has 0 saturated heterocycles. The van der Waals surface area contributed by atoms with E-state index < -0.39 is 12.0 Å². The average molecular weight is 269 g/mol. The van der Waals surface area contributed by atoms with Gasteiger partial charge in [-0.2, -0.15) is 5.10 Å². The van der Waals surface area contributed by atoms with Crippen molar-refractivity contribution in [1.82, 2.24) is 15.1 Å². The number of carboxylic acid groups (broad SMARTS) is 1. The maximum Gasteiger partial charge on any atom is 0.326 e. The number of hydrogen-bond acceptors (Lipinski definition) is 4. The van der Waals surface area contributed by atoms with Gasteiger partial charge in [-0.05, 0) is 13.8 Å². The highest BCUT2D eigenvalue weighted by molar-refractivity contribution is 5.85. The van der Waals surface area contributed by atoms with Crippen LogP contribution in [0.4, 0.5) is 0 Å². The van der Waals surface area contributed by atoms with Gasteiger partial charge in [0.1, 0.15) is 6.04 Å². The fraction of sp³-hybridized carbons (Fsp3) is 0.583. The zero-order valence-corrected chi connectivity index (χ0v) is 11.3. The number of carbonyl (C=O) groups excluding carboxylic acids is 1. The molecule has 0 aromatic carbocycles. The van der Waals surface area contributed by atoms with Crippen molar-refractivity contribution in [3.8, 4) is 0 Å². The molecule has 1 atom stereocenters. The summed E-state index contributed by atoms with van der Waals surface area (Å²) in [6.07, 6.45) is 0.0762. The zero-order valence-electron chi connectivity index (χ0n) is 11.3. The minimum Gasteiger partial charge on any atom is -0.480 e. The summed E-state index contributed by atoms with van der Waals surface area (Å²) in [7, 11) is 1.79. The van der Waals surface area contributed by atoms with E-state index in [1.165, 1.54) is 0 Å². The van der Waals surface area contributed by atoms with Crippen LogP contribution in [0, 0.1) is 13.8 Å². The largest absolute Gasteiger partial charge is 0.480 e. The molecule has 0 fully saturated rings. The van der Waals surface area contributed by atoms with E-state index in [0.717, 1.165) is 17.0 Å². The molecule has 0 radical (unpaired) electrons. The minimum atomic E-state index is -1.15. The summed E-state index contributed by atoms with van der Waals surface area (Å²) < 4.78 is 1.68. The van der Waals surface area contributed by atoms with Crippen molar-refractivity contribution in [2.45, 2.75) is 32.7 Å². The molecule has 0 aliphatic rings. The number of rotatable bonds is 6. The van der Waals surface area contributed by atoms with Crippen LogP contribution in [0.1, 0.15) is 23.4 Å². The maximum atomic E-state index is 11.8. The second-order valence-electron chi connectivity index (χ2n) is 4.42. The molecule has 1 amide bonds. The first-order chi connectivity index (χ1) is 8.86. The van der Waals surface area contributed by atoms with Crippen molar-refractivity contribution in [1.29, 1.82) is 0 Å². The third kappa shape index (κ3) is 3.78. The molecular formula is C12H19N3O4. The lowest BCUT2D eigenvalue weighted by Gasteiger charge is -2.13. The lowest BCUT2D eigenvalue weighted by Crippen LogP contribution is -2.42. The van der Waals surface area contributed by atoms with Crippen LogP contribution in [0.5, 0.6) is 0 Å². The monoisotopic (exact) mass is 269 g/mol. The van der Waals surface area contributed by atoms with Crippen molar-refractivity contribution < 1.29 is 19.8 Å². The van der Waals surface area contributed by atoms with Crippen LogP contribution in [0.2, 0.25) is 0 Å². The van der Waals surface area contributed by atoms with Crippen molar-refractivity contribution in [3.05, 3.63) is 17.0 Å². The van der Waals surface area contributed by atoms with Gasteiger partial charge in [-0.25, -0.2) is 4.79 Å². The van der Waals surface area contributed by atoms with E-state index in [4.69, 9.17) is 10.2 Å². The molecule has 106 valence electrons. The van der Waals surface area contributed by atoms with E-state index in [9.17, 15) is 9.59 Å². The number of hydrogen-bond donors (Lipinski definition) is 3. The first-order valence-electron chi connectivity index (χ1n) is 5.99. The van der Waals surface area contributed by atoms with Gasteiger partial charge < -0.3 is 15.5 Å². The molecule has 1 heterocycles. The summed E-state index contributed by atoms with van der Waals surface area (Å²) in [4.78, 5) is 22.7. The molecule has 19 heavy (non-hydrogen) atoms. The molecule has 0 saturated carbocycles. The van der Waals surface area contributed by atoms with Gasteiger partial charge in [0.25, 0.3) is 0 Å². The van der Waals surface area contributed by atoms with Crippen molar-refractivity contribution >= 4 is 11.9 Å². The number of carboxylic acids is 1. The number of aliphatic hydroxyl groups excluding tert-OH is 1. The molecular weight excluding hydrogens is 250 g/mol. The Bertz CT molecular complexity index is 482. The lowest BCUT2D eigenvalue weighted by atomic mass is 10.1. The number of nitrogens with one attached hydrogen (secondary N) is 1. The molecule has 7 heteroatoms. The Kier molecular flexibility index (Phi) is 5.05. The average Bonchev–Trinajstić information content (AvgIpc) is 2.55. The minimum absolute atomic E-state index is 0.00786. The lowest BCUT2D eigenvalue weighted by molar-refractivity contribution is -0.142. The standard InChI is InChI=1S/C12H19N3O4/c1-7-9(8(2)15(3)14-7)6-11(17)13-10(4-5-16)12(18)19/h10,16H,4-6H2,1-3H3,(H,13,17)(H,18,19). The van der Waals surface area contributed by atoms with Crippen LogP contribution < -0.4 is 5.32 Å². The number of nitrogens with zero attached hydrogens (tertiary/aromatic N) is 2. The molecule has 0 aliphatic carbocycles. The molecule has 0 bridgehead atoms. The van der Waals surface area contributed by atoms with E-state index in [1.54, 1.807) is 18.7 Å². The van der Waals surface area contributed by atoms with Crippen molar-refractivity contribution in [2.75, 3.05) is 6.61 Å². The molecule has 7 nitrogen and oxygen atoms in total. The SMILES string of the molecule is Cc1nn(C)c(C)c1CC(=O)NC(CCO)C(=O)O. The van der Waals surface area contributed by atoms with Gasteiger partial charge >= 0.3 is 5.97 Å². The summed E-state index contributed by atoms with van der Waals surface area (Å²) in [5.74, 6) is -1.54. The van der Waals surface area contributed by atoms with E-state index >= 15 is 0 Å². The Morgan fingerprint density at radius 1 is 1.42 bits per heavy atom. The fourth-order valence-electron chi connectivity index (χ4n) is 1.87. The van der Waals surface area contributed by atoms with Crippen molar-refractivity contribution in [2.24, 2.45) is 7.05 Å². The highest BCUT2D eigenvalue weighted by atomic mass is 16.4. The Morgan fingerprint density at radius 2 is 2.05 bits per heavy atom. The Labute approximate surface area is 111 Å². The molecule has 0 spiro atoms. The Hall–Kier alpha value is -1.89. The number of aliphatic carboxylic acids is 1. The zero-order chi connectivity index (χ0) is 14.6. The molecule has 1 rings (SSSR count). The predicted octanol–water partition coefficient (Wildman–Crippen LogP) is -0.469. The molecule has 1 aromatic rings. The molecule has 3 N–H and O–H groups in total. The topological polar surface area (TPSA) is 104 Å². The fourth-order valence-corrected chi connectivity index (χ4v) is 1.87. The van der Waals surface area contributed by atoms with Crippen LogP contribution in [0.15, 0.2) is 0 Å². The Morgan fingerprint density at radius 3 is 2.47 bits per heavy atom. The van der Waals surface area contributed by atoms with Crippen LogP contribution in [-0.2, 0) is 23.1 Å². The maximum absolute atomic E-state index is 11.8. The van der Waals surface area contributed by atoms with E-state index in [1.807, 2.05) is 6.92 Å². The number of aliphatic hydroxyl groups is 1. The van der Waals surface area contributed by atoms with Gasteiger partial charge in [-0.1, -0.05) is 0 Å². The summed E-state index contributed by atoms with van der Waals surface area (Å²) in [6, 6.07) is -1.06. The Balaban J connectivity index is 2.71. The normalized spacial score (nSPS) is 12.2. The number of carbonyl (C=O) groups is 2. The highest BCUT2D eigenvalue weighted by Crippen LogP contribution is 2.12. The first-order valence-corrected chi connectivity index (χ1v) is 5.99. The molecule has 1 aromatic heterocycles. The van der Waals surface area contributed by atoms with Crippen LogP contribution in [0.3, 0.4) is 0 Å². The summed E-state index contributed by atoms with van der Waals surface area (Å²) >= 11 is 0. The van der Waals surface area contributed by atoms with Gasteiger partial charge in [-0.3, -0.25) is 9.48 Å². The van der Waals surface area contributed by atoms with Gasteiger partial charge in [0, 0.05) is 31.3 Å². The van der Waals surface area contributed by atoms with E-state index in [2.05, 4.69) is 10.4 Å². The summed E-state index contributed by atoms with van der Waals surface area (Å²) in [5.41, 5.74) is 2.43. The second-order valence-corrected chi connectivity index (χ2v) is 4.42. The van der Waals surface area contributed by atoms with Gasteiger partial charge in [0.05, 0.1) is 12.1 Å². The van der Waals surface area contributed by atoms with Crippen LogP contribution >= 0.6 is 0 Å². The smallest absolute Gasteiger partial charge is 0.326 e. The summed E-state index contributed by atoms with van der Waals surface area (Å²) in [6.45, 7) is 3.37. The highest BCUT2D eigenvalue weighted by Gasteiger charge is 2.21.